The maximum Gasteiger partial charge on any atom is 0.0290 e. The number of halogens is 1. The second-order valence-corrected chi connectivity index (χ2v) is 4.16. The molecule has 0 bridgehead atoms. The first-order valence-electron chi connectivity index (χ1n) is 3.13. The van der Waals surface area contributed by atoms with Crippen LogP contribution in [-0.2, 0) is 0 Å². The fourth-order valence-corrected chi connectivity index (χ4v) is 1.62. The third kappa shape index (κ3) is 1.47. The molecule has 1 heteroatoms. The van der Waals surface area contributed by atoms with Crippen molar-refractivity contribution in [1.29, 1.82) is 0 Å². The molecule has 0 aliphatic heterocycles. The van der Waals surface area contributed by atoms with Gasteiger partial charge in [0.1, 0.15) is 0 Å². The van der Waals surface area contributed by atoms with E-state index in [-0.39, 0.29) is 0 Å². The van der Waals surface area contributed by atoms with Gasteiger partial charge in [0, 0.05) is 3.92 Å². The van der Waals surface area contributed by atoms with E-state index < -0.39 is 0 Å². The van der Waals surface area contributed by atoms with E-state index in [2.05, 4.69) is 35.6 Å². The first kappa shape index (κ1) is 6.59. The predicted octanol–water partition coefficient (Wildman–Crippen LogP) is 2.92. The zero-order valence-corrected chi connectivity index (χ0v) is 7.31. The van der Waals surface area contributed by atoms with Crippen LogP contribution in [0.15, 0.2) is 11.6 Å². The van der Waals surface area contributed by atoms with Gasteiger partial charge in [-0.05, 0) is 26.2 Å². The Morgan fingerprint density at radius 2 is 2.50 bits per heavy atom. The molecule has 1 atom stereocenters. The summed E-state index contributed by atoms with van der Waals surface area (Å²) in [6, 6.07) is 0. The van der Waals surface area contributed by atoms with Crippen molar-refractivity contribution in [2.45, 2.75) is 30.1 Å². The minimum Gasteiger partial charge on any atom is -0.0843 e. The molecule has 0 radical (unpaired) electrons. The number of alkyl halides is 1. The van der Waals surface area contributed by atoms with Crippen molar-refractivity contribution in [2.75, 3.05) is 0 Å². The fourth-order valence-electron chi connectivity index (χ4n) is 1.06. The van der Waals surface area contributed by atoms with Gasteiger partial charge in [0.15, 0.2) is 0 Å². The molecule has 0 nitrogen and oxygen atoms in total. The minimum atomic E-state index is 0.773. The molecule has 1 rings (SSSR count). The van der Waals surface area contributed by atoms with Gasteiger partial charge in [0.2, 0.25) is 0 Å². The molecular weight excluding hydrogens is 211 g/mol. The quantitative estimate of drug-likeness (QED) is 0.363. The van der Waals surface area contributed by atoms with Crippen molar-refractivity contribution < 1.29 is 0 Å². The molecule has 0 aromatic rings. The summed E-state index contributed by atoms with van der Waals surface area (Å²) < 4.78 is 0.773. The highest BCUT2D eigenvalue weighted by molar-refractivity contribution is 14.1. The maximum absolute atomic E-state index is 2.48. The van der Waals surface area contributed by atoms with Gasteiger partial charge in [0.05, 0.1) is 0 Å². The Labute approximate surface area is 64.5 Å². The van der Waals surface area contributed by atoms with Crippen LogP contribution in [0.4, 0.5) is 0 Å². The number of hydrogen-bond donors (Lipinski definition) is 0. The Kier molecular flexibility index (Phi) is 2.35. The van der Waals surface area contributed by atoms with Crippen LogP contribution in [0.25, 0.3) is 0 Å². The molecule has 0 heterocycles. The summed E-state index contributed by atoms with van der Waals surface area (Å²) in [6.45, 7) is 2.26. The van der Waals surface area contributed by atoms with Gasteiger partial charge in [-0.15, -0.1) is 0 Å². The lowest BCUT2D eigenvalue weighted by molar-refractivity contribution is 0.890. The lowest BCUT2D eigenvalue weighted by Gasteiger charge is -2.00. The monoisotopic (exact) mass is 222 g/mol. The van der Waals surface area contributed by atoms with Crippen LogP contribution < -0.4 is 0 Å². The molecule has 8 heavy (non-hydrogen) atoms. The first-order valence-corrected chi connectivity index (χ1v) is 4.38. The molecule has 0 saturated carbocycles. The van der Waals surface area contributed by atoms with Crippen molar-refractivity contribution in [3.8, 4) is 0 Å². The average Bonchev–Trinajstić information content (AvgIpc) is 2.12. The van der Waals surface area contributed by atoms with E-state index in [1.807, 2.05) is 0 Å². The van der Waals surface area contributed by atoms with Crippen LogP contribution in [0.3, 0.4) is 0 Å². The Morgan fingerprint density at radius 1 is 1.75 bits per heavy atom. The van der Waals surface area contributed by atoms with Crippen molar-refractivity contribution in [2.24, 2.45) is 0 Å². The van der Waals surface area contributed by atoms with E-state index in [0.29, 0.717) is 0 Å². The second kappa shape index (κ2) is 2.85. The van der Waals surface area contributed by atoms with Crippen LogP contribution in [0, 0.1) is 0 Å². The van der Waals surface area contributed by atoms with Crippen LogP contribution in [0.1, 0.15) is 26.2 Å². The lowest BCUT2D eigenvalue weighted by atomic mass is 10.2. The highest BCUT2D eigenvalue weighted by Gasteiger charge is 2.07. The van der Waals surface area contributed by atoms with Crippen molar-refractivity contribution in [3.63, 3.8) is 0 Å². The number of hydrogen-bond acceptors (Lipinski definition) is 0. The van der Waals surface area contributed by atoms with Gasteiger partial charge in [0.25, 0.3) is 0 Å². The average molecular weight is 222 g/mol. The van der Waals surface area contributed by atoms with E-state index in [9.17, 15) is 0 Å². The fraction of sp³-hybridized carbons (Fsp3) is 0.714. The van der Waals surface area contributed by atoms with E-state index in [0.717, 1.165) is 3.92 Å². The second-order valence-electron chi connectivity index (χ2n) is 2.29. The standard InChI is InChI=1S/C7H11I/c1-6(8)7-4-2-3-5-7/h4,6H,2-3,5H2,1H3. The molecule has 0 aromatic carbocycles. The summed E-state index contributed by atoms with van der Waals surface area (Å²) in [7, 11) is 0. The van der Waals surface area contributed by atoms with Crippen molar-refractivity contribution in [1.82, 2.24) is 0 Å². The summed E-state index contributed by atoms with van der Waals surface area (Å²) in [6.07, 6.45) is 6.45. The zero-order chi connectivity index (χ0) is 5.98. The molecular formula is C7H11I. The highest BCUT2D eigenvalue weighted by Crippen LogP contribution is 2.24. The summed E-state index contributed by atoms with van der Waals surface area (Å²) in [5.74, 6) is 0. The van der Waals surface area contributed by atoms with Gasteiger partial charge in [-0.2, -0.15) is 0 Å². The number of rotatable bonds is 1. The molecule has 0 spiro atoms. The largest absolute Gasteiger partial charge is 0.0843 e. The normalized spacial score (nSPS) is 23.0. The van der Waals surface area contributed by atoms with Crippen LogP contribution in [0.5, 0.6) is 0 Å². The highest BCUT2D eigenvalue weighted by atomic mass is 127. The smallest absolute Gasteiger partial charge is 0.0290 e. The van der Waals surface area contributed by atoms with Gasteiger partial charge >= 0.3 is 0 Å². The minimum absolute atomic E-state index is 0.773. The molecule has 0 aromatic heterocycles. The summed E-state index contributed by atoms with van der Waals surface area (Å²) in [4.78, 5) is 0. The van der Waals surface area contributed by atoms with Crippen LogP contribution in [-0.4, -0.2) is 3.92 Å². The summed E-state index contributed by atoms with van der Waals surface area (Å²) >= 11 is 2.48. The lowest BCUT2D eigenvalue weighted by Crippen LogP contribution is -1.90. The predicted molar refractivity (Wildman–Crippen MR) is 45.4 cm³/mol. The number of allylic oxidation sites excluding steroid dienone is 2. The Morgan fingerprint density at radius 3 is 2.75 bits per heavy atom. The van der Waals surface area contributed by atoms with Gasteiger partial charge in [-0.1, -0.05) is 34.2 Å². The van der Waals surface area contributed by atoms with Gasteiger partial charge in [-0.25, -0.2) is 0 Å². The Hall–Kier alpha value is 0.470. The van der Waals surface area contributed by atoms with E-state index >= 15 is 0 Å². The topological polar surface area (TPSA) is 0 Å². The zero-order valence-electron chi connectivity index (χ0n) is 5.15. The van der Waals surface area contributed by atoms with Gasteiger partial charge < -0.3 is 0 Å². The molecule has 0 fully saturated rings. The van der Waals surface area contributed by atoms with Crippen LogP contribution in [0.2, 0.25) is 0 Å². The molecule has 1 aliphatic carbocycles. The maximum atomic E-state index is 2.48. The molecule has 0 N–H and O–H groups in total. The molecule has 0 amide bonds. The van der Waals surface area contributed by atoms with Crippen molar-refractivity contribution >= 4 is 22.6 Å². The third-order valence-corrected chi connectivity index (χ3v) is 2.39. The van der Waals surface area contributed by atoms with E-state index in [1.54, 1.807) is 5.57 Å². The molecule has 46 valence electrons. The van der Waals surface area contributed by atoms with Crippen LogP contribution >= 0.6 is 22.6 Å². The third-order valence-electron chi connectivity index (χ3n) is 1.59. The summed E-state index contributed by atoms with van der Waals surface area (Å²) in [5.41, 5.74) is 1.66. The van der Waals surface area contributed by atoms with E-state index in [1.165, 1.54) is 19.3 Å². The molecule has 1 unspecified atom stereocenters. The Balaban J connectivity index is 2.45. The molecule has 0 saturated heterocycles. The van der Waals surface area contributed by atoms with Gasteiger partial charge in [-0.3, -0.25) is 0 Å². The first-order chi connectivity index (χ1) is 3.80. The summed E-state index contributed by atoms with van der Waals surface area (Å²) in [5, 5.41) is 0. The van der Waals surface area contributed by atoms with Crippen molar-refractivity contribution in [3.05, 3.63) is 11.6 Å². The SMILES string of the molecule is CC(I)C1=CCCC1. The van der Waals surface area contributed by atoms with E-state index in [4.69, 9.17) is 0 Å². The molecule has 1 aliphatic rings. The Bertz CT molecular complexity index is 103.